The van der Waals surface area contributed by atoms with Gasteiger partial charge in [0.25, 0.3) is 5.91 Å². The number of amides is 1. The molecule has 0 aliphatic carbocycles. The number of methoxy groups -OCH3 is 2. The Labute approximate surface area is 266 Å². The lowest BCUT2D eigenvalue weighted by molar-refractivity contribution is -0.139. The number of aliphatic hydroxyl groups excluding tert-OH is 2. The highest BCUT2D eigenvalue weighted by Crippen LogP contribution is 2.43. The fourth-order valence-corrected chi connectivity index (χ4v) is 5.59. The van der Waals surface area contributed by atoms with Crippen molar-refractivity contribution in [3.63, 3.8) is 0 Å². The number of carboxylic acids is 1. The number of carboxylic acid groups (broad SMARTS) is 1. The largest absolute Gasteiger partial charge is 0.497 e. The van der Waals surface area contributed by atoms with E-state index in [0.717, 1.165) is 0 Å². The number of carbonyl (C=O) groups is 2. The zero-order valence-corrected chi connectivity index (χ0v) is 26.1. The van der Waals surface area contributed by atoms with Crippen LogP contribution in [0, 0.1) is 11.6 Å². The van der Waals surface area contributed by atoms with E-state index in [-0.39, 0.29) is 25.3 Å². The molecular weight excluding hydrogens is 598 g/mol. The van der Waals surface area contributed by atoms with Crippen LogP contribution in [0.25, 0.3) is 22.4 Å². The first-order chi connectivity index (χ1) is 21.9. The van der Waals surface area contributed by atoms with Crippen molar-refractivity contribution in [1.82, 2.24) is 4.57 Å². The van der Waals surface area contributed by atoms with Crippen LogP contribution in [-0.2, 0) is 11.3 Å². The van der Waals surface area contributed by atoms with E-state index in [4.69, 9.17) is 14.6 Å². The molecule has 0 unspecified atom stereocenters. The van der Waals surface area contributed by atoms with Crippen LogP contribution in [0.2, 0.25) is 0 Å². The van der Waals surface area contributed by atoms with Crippen LogP contribution < -0.4 is 14.8 Å². The number of hydrogen-bond acceptors (Lipinski definition) is 6. The second-order valence-electron chi connectivity index (χ2n) is 11.3. The Morgan fingerprint density at radius 1 is 0.870 bits per heavy atom. The number of nitrogens with one attached hydrogen (secondary N) is 1. The number of rotatable bonds is 14. The molecule has 0 radical (unpaired) electrons. The molecule has 1 heterocycles. The standard InChI is InChI=1S/C35H38F2N2O7/c1-20(2)33-32(35(44)38-28-14-13-27(45-3)19-29(28)46-4)31(21-5-9-23(36)10-6-21)34(22-7-11-24(37)12-8-22)39(33)16-15-25(40)17-26(41)18-30(42)43/h5-14,19-20,25-26,40-41H,15-18H2,1-4H3,(H,38,44)(H,42,43)/t25-,26-/m1/s1. The fourth-order valence-electron chi connectivity index (χ4n) is 5.59. The minimum atomic E-state index is -1.24. The van der Waals surface area contributed by atoms with Gasteiger partial charge in [-0.15, -0.1) is 0 Å². The smallest absolute Gasteiger partial charge is 0.305 e. The van der Waals surface area contributed by atoms with Crippen molar-refractivity contribution >= 4 is 17.6 Å². The monoisotopic (exact) mass is 636 g/mol. The lowest BCUT2D eigenvalue weighted by Crippen LogP contribution is -2.22. The lowest BCUT2D eigenvalue weighted by Gasteiger charge is -2.20. The van der Waals surface area contributed by atoms with Gasteiger partial charge >= 0.3 is 5.97 Å². The van der Waals surface area contributed by atoms with Crippen molar-refractivity contribution < 1.29 is 43.2 Å². The summed E-state index contributed by atoms with van der Waals surface area (Å²) in [5, 5.41) is 32.9. The number of anilines is 1. The van der Waals surface area contributed by atoms with E-state index in [1.165, 1.54) is 38.5 Å². The average molecular weight is 637 g/mol. The number of ether oxygens (including phenoxy) is 2. The minimum Gasteiger partial charge on any atom is -0.497 e. The van der Waals surface area contributed by atoms with Gasteiger partial charge in [-0.2, -0.15) is 0 Å². The topological polar surface area (TPSA) is 130 Å². The van der Waals surface area contributed by atoms with Crippen molar-refractivity contribution in [2.24, 2.45) is 0 Å². The van der Waals surface area contributed by atoms with E-state index in [0.29, 0.717) is 50.8 Å². The second-order valence-corrected chi connectivity index (χ2v) is 11.3. The van der Waals surface area contributed by atoms with E-state index in [2.05, 4.69) is 5.32 Å². The quantitative estimate of drug-likeness (QED) is 0.125. The number of aromatic nitrogens is 1. The van der Waals surface area contributed by atoms with Crippen LogP contribution in [0.15, 0.2) is 66.7 Å². The Kier molecular flexibility index (Phi) is 11.2. The highest BCUT2D eigenvalue weighted by molar-refractivity contribution is 6.13. The minimum absolute atomic E-state index is 0.107. The molecule has 11 heteroatoms. The molecular formula is C35H38F2N2O7. The molecule has 46 heavy (non-hydrogen) atoms. The van der Waals surface area contributed by atoms with Crippen LogP contribution in [-0.4, -0.2) is 58.2 Å². The molecule has 0 aliphatic heterocycles. The van der Waals surface area contributed by atoms with E-state index >= 15 is 0 Å². The van der Waals surface area contributed by atoms with Gasteiger partial charge in [-0.3, -0.25) is 9.59 Å². The van der Waals surface area contributed by atoms with Gasteiger partial charge < -0.3 is 34.7 Å². The lowest BCUT2D eigenvalue weighted by atomic mass is 9.94. The molecule has 9 nitrogen and oxygen atoms in total. The number of aliphatic carboxylic acids is 1. The van der Waals surface area contributed by atoms with Crippen LogP contribution in [0.5, 0.6) is 11.5 Å². The van der Waals surface area contributed by atoms with Gasteiger partial charge in [0.15, 0.2) is 0 Å². The van der Waals surface area contributed by atoms with Crippen molar-refractivity contribution in [3.8, 4) is 33.9 Å². The number of halogens is 2. The van der Waals surface area contributed by atoms with Crippen molar-refractivity contribution in [2.75, 3.05) is 19.5 Å². The highest BCUT2D eigenvalue weighted by Gasteiger charge is 2.31. The molecule has 0 saturated carbocycles. The normalized spacial score (nSPS) is 12.5. The van der Waals surface area contributed by atoms with E-state index < -0.39 is 42.1 Å². The summed E-state index contributed by atoms with van der Waals surface area (Å²) in [7, 11) is 2.98. The molecule has 4 rings (SSSR count). The Morgan fingerprint density at radius 3 is 2.02 bits per heavy atom. The third-order valence-corrected chi connectivity index (χ3v) is 7.63. The Balaban J connectivity index is 1.93. The maximum absolute atomic E-state index is 14.4. The maximum atomic E-state index is 14.4. The summed E-state index contributed by atoms with van der Waals surface area (Å²) >= 11 is 0. The zero-order chi connectivity index (χ0) is 33.5. The van der Waals surface area contributed by atoms with E-state index in [1.807, 2.05) is 18.4 Å². The Hall–Kier alpha value is -4.74. The van der Waals surface area contributed by atoms with E-state index in [1.54, 1.807) is 42.5 Å². The van der Waals surface area contributed by atoms with Crippen LogP contribution in [0.3, 0.4) is 0 Å². The van der Waals surface area contributed by atoms with Crippen LogP contribution >= 0.6 is 0 Å². The molecule has 4 N–H and O–H groups in total. The van der Waals surface area contributed by atoms with Gasteiger partial charge in [0.2, 0.25) is 0 Å². The molecule has 0 aliphatic rings. The third-order valence-electron chi connectivity index (χ3n) is 7.63. The van der Waals surface area contributed by atoms with Crippen LogP contribution in [0.4, 0.5) is 14.5 Å². The summed E-state index contributed by atoms with van der Waals surface area (Å²) in [6.07, 6.45) is -2.87. The van der Waals surface area contributed by atoms with Gasteiger partial charge in [-0.1, -0.05) is 26.0 Å². The van der Waals surface area contributed by atoms with Gasteiger partial charge in [-0.05, 0) is 78.4 Å². The zero-order valence-electron chi connectivity index (χ0n) is 26.1. The summed E-state index contributed by atoms with van der Waals surface area (Å²) in [6.45, 7) is 3.98. The molecule has 0 fully saturated rings. The van der Waals surface area contributed by atoms with Gasteiger partial charge in [-0.25, -0.2) is 8.78 Å². The number of hydrogen-bond donors (Lipinski definition) is 4. The highest BCUT2D eigenvalue weighted by atomic mass is 19.1. The molecule has 3 aromatic carbocycles. The first-order valence-electron chi connectivity index (χ1n) is 14.8. The van der Waals surface area contributed by atoms with Crippen molar-refractivity contribution in [3.05, 3.63) is 89.6 Å². The number of nitrogens with zero attached hydrogens (tertiary/aromatic N) is 1. The van der Waals surface area contributed by atoms with Gasteiger partial charge in [0.1, 0.15) is 23.1 Å². The molecule has 4 aromatic rings. The summed E-state index contributed by atoms with van der Waals surface area (Å²) in [5.74, 6) is -1.94. The van der Waals surface area contributed by atoms with Gasteiger partial charge in [0, 0.05) is 23.9 Å². The van der Waals surface area contributed by atoms with Gasteiger partial charge in [0.05, 0.1) is 49.8 Å². The molecule has 1 aromatic heterocycles. The summed E-state index contributed by atoms with van der Waals surface area (Å²) in [4.78, 5) is 25.4. The molecule has 0 spiro atoms. The first kappa shape index (κ1) is 34.1. The maximum Gasteiger partial charge on any atom is 0.305 e. The summed E-state index contributed by atoms with van der Waals surface area (Å²) in [6, 6.07) is 16.4. The Morgan fingerprint density at radius 2 is 1.48 bits per heavy atom. The summed E-state index contributed by atoms with van der Waals surface area (Å²) in [5.41, 5.74) is 3.39. The SMILES string of the molecule is COc1ccc(NC(=O)c2c(-c3ccc(F)cc3)c(-c3ccc(F)cc3)n(CC[C@@H](O)C[C@@H](O)CC(=O)O)c2C(C)C)c(OC)c1. The van der Waals surface area contributed by atoms with Crippen LogP contribution in [0.1, 0.15) is 55.1 Å². The first-order valence-corrected chi connectivity index (χ1v) is 14.8. The molecule has 0 saturated heterocycles. The van der Waals surface area contributed by atoms with E-state index in [9.17, 15) is 28.6 Å². The van der Waals surface area contributed by atoms with Crippen molar-refractivity contribution in [2.45, 2.75) is 57.8 Å². The predicted octanol–water partition coefficient (Wildman–Crippen LogP) is 6.47. The fraction of sp³-hybridized carbons (Fsp3) is 0.314. The molecule has 0 bridgehead atoms. The number of benzene rings is 3. The summed E-state index contributed by atoms with van der Waals surface area (Å²) < 4.78 is 40.9. The second kappa shape index (κ2) is 15.0. The number of aliphatic hydroxyl groups is 2. The van der Waals surface area contributed by atoms with Crippen molar-refractivity contribution in [1.29, 1.82) is 0 Å². The molecule has 2 atom stereocenters. The Bertz CT molecular complexity index is 1670. The third kappa shape index (κ3) is 7.91. The number of carbonyl (C=O) groups excluding carboxylic acids is 1. The molecule has 1 amide bonds. The molecule has 244 valence electrons. The average Bonchev–Trinajstić information content (AvgIpc) is 3.36. The predicted molar refractivity (Wildman–Crippen MR) is 170 cm³/mol.